The largest absolute Gasteiger partial charge is 0.479 e. The lowest BCUT2D eigenvalue weighted by Gasteiger charge is -2.27. The number of amides is 1. The molecule has 1 amide bonds. The molecular weight excluding hydrogens is 330 g/mol. The number of anilines is 1. The molecule has 0 fully saturated rings. The van der Waals surface area contributed by atoms with Gasteiger partial charge in [0.05, 0.1) is 5.56 Å². The average Bonchev–Trinajstić information content (AvgIpc) is 3.01. The van der Waals surface area contributed by atoms with Crippen molar-refractivity contribution in [3.63, 3.8) is 0 Å². The van der Waals surface area contributed by atoms with Crippen LogP contribution in [0.4, 0.5) is 5.82 Å². The Hall–Kier alpha value is -3.15. The van der Waals surface area contributed by atoms with Crippen LogP contribution in [-0.2, 0) is 17.6 Å². The predicted molar refractivity (Wildman–Crippen MR) is 99.4 cm³/mol. The van der Waals surface area contributed by atoms with Crippen LogP contribution in [-0.4, -0.2) is 41.1 Å². The van der Waals surface area contributed by atoms with Crippen LogP contribution in [0.2, 0.25) is 0 Å². The minimum absolute atomic E-state index is 0.266. The minimum atomic E-state index is -1.34. The van der Waals surface area contributed by atoms with Gasteiger partial charge in [-0.3, -0.25) is 4.79 Å². The molecule has 2 N–H and O–H groups in total. The zero-order valence-corrected chi connectivity index (χ0v) is 14.6. The maximum Gasteiger partial charge on any atom is 0.330 e. The number of hydrogen-bond donors (Lipinski definition) is 2. The van der Waals surface area contributed by atoms with Gasteiger partial charge in [-0.25, -0.2) is 9.78 Å². The Morgan fingerprint density at radius 2 is 1.92 bits per heavy atom. The highest BCUT2D eigenvalue weighted by atomic mass is 16.4. The first-order chi connectivity index (χ1) is 12.5. The van der Waals surface area contributed by atoms with Crippen molar-refractivity contribution in [2.75, 3.05) is 18.5 Å². The molecular formula is C20H21N3O3. The van der Waals surface area contributed by atoms with Crippen molar-refractivity contribution in [1.29, 1.82) is 0 Å². The molecule has 1 aliphatic rings. The Labute approximate surface area is 152 Å². The third-order valence-electron chi connectivity index (χ3n) is 4.66. The van der Waals surface area contributed by atoms with Crippen LogP contribution >= 0.6 is 0 Å². The lowest BCUT2D eigenvalue weighted by Crippen LogP contribution is -2.55. The van der Waals surface area contributed by atoms with Crippen LogP contribution < -0.4 is 10.2 Å². The van der Waals surface area contributed by atoms with Gasteiger partial charge in [-0.1, -0.05) is 30.3 Å². The maximum atomic E-state index is 12.9. The van der Waals surface area contributed by atoms with E-state index in [4.69, 9.17) is 0 Å². The number of aromatic nitrogens is 1. The van der Waals surface area contributed by atoms with Crippen LogP contribution in [0.15, 0.2) is 55.3 Å². The van der Waals surface area contributed by atoms with Gasteiger partial charge in [0, 0.05) is 32.6 Å². The Morgan fingerprint density at radius 3 is 2.50 bits per heavy atom. The van der Waals surface area contributed by atoms with Gasteiger partial charge in [0.2, 0.25) is 0 Å². The number of aliphatic carboxylic acids is 1. The molecule has 134 valence electrons. The Balaban J connectivity index is 1.90. The van der Waals surface area contributed by atoms with E-state index in [1.54, 1.807) is 36.4 Å². The number of fused-ring (bicyclic) bond motifs is 1. The third-order valence-corrected chi connectivity index (χ3v) is 4.66. The lowest BCUT2D eigenvalue weighted by atomic mass is 9.95. The monoisotopic (exact) mass is 351 g/mol. The first-order valence-electron chi connectivity index (χ1n) is 8.36. The van der Waals surface area contributed by atoms with Crippen LogP contribution in [0.1, 0.15) is 21.5 Å². The summed E-state index contributed by atoms with van der Waals surface area (Å²) in [6.45, 7) is 4.21. The van der Waals surface area contributed by atoms with Crippen molar-refractivity contribution in [2.24, 2.45) is 0 Å². The number of carbonyl (C=O) groups excluding carboxylic acids is 1. The number of nitrogens with zero attached hydrogens (tertiary/aromatic N) is 2. The van der Waals surface area contributed by atoms with Gasteiger partial charge in [0.15, 0.2) is 0 Å². The van der Waals surface area contributed by atoms with E-state index in [-0.39, 0.29) is 12.8 Å². The van der Waals surface area contributed by atoms with Crippen molar-refractivity contribution >= 4 is 17.7 Å². The summed E-state index contributed by atoms with van der Waals surface area (Å²) in [5.41, 5.74) is 0.898. The average molecular weight is 351 g/mol. The summed E-state index contributed by atoms with van der Waals surface area (Å²) >= 11 is 0. The molecule has 1 heterocycles. The number of carboxylic acids is 1. The number of nitrogens with one attached hydrogen (secondary N) is 1. The third kappa shape index (κ3) is 3.18. The van der Waals surface area contributed by atoms with Crippen molar-refractivity contribution in [3.05, 3.63) is 71.9 Å². The molecule has 0 aliphatic heterocycles. The Bertz CT molecular complexity index is 838. The van der Waals surface area contributed by atoms with E-state index in [9.17, 15) is 14.7 Å². The summed E-state index contributed by atoms with van der Waals surface area (Å²) in [7, 11) is 1.80. The molecule has 2 aromatic rings. The molecule has 0 radical (unpaired) electrons. The summed E-state index contributed by atoms with van der Waals surface area (Å²) in [5, 5.41) is 12.6. The van der Waals surface area contributed by atoms with Crippen molar-refractivity contribution < 1.29 is 14.7 Å². The van der Waals surface area contributed by atoms with E-state index < -0.39 is 17.4 Å². The standard InChI is InChI=1S/C20H21N3O3/c1-3-11-23(2)17-16(9-6-10-21-17)18(24)22-20(19(25)26)12-14-7-4-5-8-15(14)13-20/h3-10H,1,11-13H2,2H3,(H,22,24)(H,25,26). The summed E-state index contributed by atoms with van der Waals surface area (Å²) < 4.78 is 0. The molecule has 26 heavy (non-hydrogen) atoms. The number of likely N-dealkylation sites (N-methyl/N-ethyl adjacent to an activating group) is 1. The second-order valence-electron chi connectivity index (χ2n) is 6.51. The minimum Gasteiger partial charge on any atom is -0.479 e. The molecule has 1 aromatic heterocycles. The lowest BCUT2D eigenvalue weighted by molar-refractivity contribution is -0.144. The summed E-state index contributed by atoms with van der Waals surface area (Å²) in [5.74, 6) is -0.993. The molecule has 6 nitrogen and oxygen atoms in total. The number of rotatable bonds is 6. The zero-order chi connectivity index (χ0) is 18.7. The molecule has 0 bridgehead atoms. The van der Waals surface area contributed by atoms with Gasteiger partial charge in [-0.05, 0) is 23.3 Å². The van der Waals surface area contributed by atoms with Gasteiger partial charge < -0.3 is 15.3 Å². The fourth-order valence-electron chi connectivity index (χ4n) is 3.35. The first kappa shape index (κ1) is 17.7. The number of benzene rings is 1. The highest BCUT2D eigenvalue weighted by Crippen LogP contribution is 2.31. The number of carbonyl (C=O) groups is 2. The second-order valence-corrected chi connectivity index (χ2v) is 6.51. The molecule has 0 spiro atoms. The van der Waals surface area contributed by atoms with Crippen LogP contribution in [0.5, 0.6) is 0 Å². The molecule has 3 rings (SSSR count). The van der Waals surface area contributed by atoms with Gasteiger partial charge in [-0.15, -0.1) is 6.58 Å². The fraction of sp³-hybridized carbons (Fsp3) is 0.250. The van der Waals surface area contributed by atoms with Gasteiger partial charge in [0.25, 0.3) is 5.91 Å². The van der Waals surface area contributed by atoms with E-state index in [1.165, 1.54) is 0 Å². The number of pyridine rings is 1. The van der Waals surface area contributed by atoms with E-state index in [0.717, 1.165) is 11.1 Å². The summed E-state index contributed by atoms with van der Waals surface area (Å²) in [4.78, 5) is 31.0. The first-order valence-corrected chi connectivity index (χ1v) is 8.36. The van der Waals surface area contributed by atoms with Crippen LogP contribution in [0.25, 0.3) is 0 Å². The molecule has 6 heteroatoms. The quantitative estimate of drug-likeness (QED) is 0.779. The fourth-order valence-corrected chi connectivity index (χ4v) is 3.35. The molecule has 0 saturated heterocycles. The summed E-state index contributed by atoms with van der Waals surface area (Å²) in [6, 6.07) is 10.9. The van der Waals surface area contributed by atoms with Crippen molar-refractivity contribution in [3.8, 4) is 0 Å². The van der Waals surface area contributed by atoms with E-state index in [1.807, 2.05) is 24.3 Å². The SMILES string of the molecule is C=CCN(C)c1ncccc1C(=O)NC1(C(=O)O)Cc2ccccc2C1. The smallest absolute Gasteiger partial charge is 0.330 e. The Kier molecular flexibility index (Phi) is 4.75. The predicted octanol–water partition coefficient (Wildman–Crippen LogP) is 2.06. The van der Waals surface area contributed by atoms with E-state index >= 15 is 0 Å². The molecule has 0 atom stereocenters. The van der Waals surface area contributed by atoms with Crippen LogP contribution in [0, 0.1) is 0 Å². The van der Waals surface area contributed by atoms with Gasteiger partial charge in [-0.2, -0.15) is 0 Å². The highest BCUT2D eigenvalue weighted by Gasteiger charge is 2.45. The molecule has 1 aromatic carbocycles. The Morgan fingerprint density at radius 1 is 1.27 bits per heavy atom. The zero-order valence-electron chi connectivity index (χ0n) is 14.6. The number of hydrogen-bond acceptors (Lipinski definition) is 4. The van der Waals surface area contributed by atoms with E-state index in [0.29, 0.717) is 17.9 Å². The van der Waals surface area contributed by atoms with Gasteiger partial charge in [0.1, 0.15) is 11.4 Å². The highest BCUT2D eigenvalue weighted by molar-refractivity contribution is 6.02. The second kappa shape index (κ2) is 7.00. The van der Waals surface area contributed by atoms with Crippen LogP contribution in [0.3, 0.4) is 0 Å². The van der Waals surface area contributed by atoms with E-state index in [2.05, 4.69) is 16.9 Å². The topological polar surface area (TPSA) is 82.5 Å². The van der Waals surface area contributed by atoms with Crippen molar-refractivity contribution in [2.45, 2.75) is 18.4 Å². The molecule has 0 unspecified atom stereocenters. The molecule has 0 saturated carbocycles. The van der Waals surface area contributed by atoms with Gasteiger partial charge >= 0.3 is 5.97 Å². The normalized spacial score (nSPS) is 14.3. The summed E-state index contributed by atoms with van der Waals surface area (Å²) in [6.07, 6.45) is 3.84. The number of carboxylic acid groups (broad SMARTS) is 1. The molecule has 1 aliphatic carbocycles. The maximum absolute atomic E-state index is 12.9. The van der Waals surface area contributed by atoms with Crippen molar-refractivity contribution in [1.82, 2.24) is 10.3 Å².